The second-order valence-corrected chi connectivity index (χ2v) is 4.98. The number of ketones is 1. The number of carbonyl (C=O) groups is 1. The van der Waals surface area contributed by atoms with E-state index in [4.69, 9.17) is 14.2 Å². The molecule has 0 radical (unpaired) electrons. The maximum Gasteiger partial charge on any atom is 0.210 e. The van der Waals surface area contributed by atoms with Crippen molar-refractivity contribution in [3.8, 4) is 17.2 Å². The van der Waals surface area contributed by atoms with Crippen LogP contribution in [0.3, 0.4) is 0 Å². The minimum Gasteiger partial charge on any atom is -0.497 e. The maximum atomic E-state index is 12.4. The van der Waals surface area contributed by atoms with Gasteiger partial charge < -0.3 is 19.3 Å². The van der Waals surface area contributed by atoms with Crippen molar-refractivity contribution in [3.63, 3.8) is 0 Å². The van der Waals surface area contributed by atoms with Crippen LogP contribution in [0.15, 0.2) is 42.5 Å². The summed E-state index contributed by atoms with van der Waals surface area (Å²) in [5.41, 5.74) is 1.06. The van der Waals surface area contributed by atoms with Crippen LogP contribution in [-0.4, -0.2) is 25.1 Å². The molecule has 1 aliphatic rings. The van der Waals surface area contributed by atoms with Gasteiger partial charge in [0.1, 0.15) is 23.4 Å². The molecule has 0 aromatic heterocycles. The molecule has 3 rings (SSSR count). The lowest BCUT2D eigenvalue weighted by Crippen LogP contribution is -2.30. The topological polar surface area (TPSA) is 65.0 Å². The second kappa shape index (κ2) is 5.69. The molecule has 0 saturated carbocycles. The number of fused-ring (bicyclic) bond motifs is 1. The Kier molecular flexibility index (Phi) is 3.73. The number of aliphatic hydroxyl groups excluding tert-OH is 1. The first-order valence-corrected chi connectivity index (χ1v) is 6.84. The van der Waals surface area contributed by atoms with E-state index in [1.807, 2.05) is 0 Å². The molecular formula is C17H16O5. The number of rotatable bonds is 3. The van der Waals surface area contributed by atoms with E-state index in [0.717, 1.165) is 0 Å². The molecule has 0 fully saturated rings. The van der Waals surface area contributed by atoms with Crippen molar-refractivity contribution < 1.29 is 24.1 Å². The van der Waals surface area contributed by atoms with E-state index in [1.54, 1.807) is 49.6 Å². The lowest BCUT2D eigenvalue weighted by atomic mass is 9.93. The Balaban J connectivity index is 2.00. The Hall–Kier alpha value is -2.53. The fourth-order valence-electron chi connectivity index (χ4n) is 2.49. The molecule has 1 unspecified atom stereocenters. The van der Waals surface area contributed by atoms with E-state index in [-0.39, 0.29) is 0 Å². The molecule has 2 atom stereocenters. The van der Waals surface area contributed by atoms with Gasteiger partial charge >= 0.3 is 0 Å². The van der Waals surface area contributed by atoms with Crippen molar-refractivity contribution in [1.82, 2.24) is 0 Å². The zero-order chi connectivity index (χ0) is 15.7. The Bertz CT molecular complexity index is 710. The first-order chi connectivity index (χ1) is 10.6. The monoisotopic (exact) mass is 300 g/mol. The summed E-state index contributed by atoms with van der Waals surface area (Å²) in [4.78, 5) is 12.4. The number of ether oxygens (including phenoxy) is 3. The van der Waals surface area contributed by atoms with Gasteiger partial charge in [-0.3, -0.25) is 4.79 Å². The summed E-state index contributed by atoms with van der Waals surface area (Å²) in [7, 11) is 3.08. The summed E-state index contributed by atoms with van der Waals surface area (Å²) in [6, 6.07) is 12.1. The molecule has 1 heterocycles. The molecule has 22 heavy (non-hydrogen) atoms. The van der Waals surface area contributed by atoms with Gasteiger partial charge in [0.05, 0.1) is 14.2 Å². The Labute approximate surface area is 128 Å². The van der Waals surface area contributed by atoms with Gasteiger partial charge in [0, 0.05) is 11.1 Å². The van der Waals surface area contributed by atoms with Crippen LogP contribution in [-0.2, 0) is 4.79 Å². The van der Waals surface area contributed by atoms with Crippen LogP contribution in [0.1, 0.15) is 23.3 Å². The first kappa shape index (κ1) is 14.4. The van der Waals surface area contributed by atoms with E-state index < -0.39 is 18.0 Å². The van der Waals surface area contributed by atoms with E-state index in [1.165, 1.54) is 7.11 Å². The van der Waals surface area contributed by atoms with Crippen molar-refractivity contribution >= 4 is 5.78 Å². The van der Waals surface area contributed by atoms with Gasteiger partial charge in [0.15, 0.2) is 6.10 Å². The van der Waals surface area contributed by atoms with Gasteiger partial charge in [-0.2, -0.15) is 0 Å². The number of hydrogen-bond acceptors (Lipinski definition) is 5. The van der Waals surface area contributed by atoms with Crippen molar-refractivity contribution in [2.24, 2.45) is 0 Å². The fourth-order valence-corrected chi connectivity index (χ4v) is 2.49. The normalized spacial score (nSPS) is 20.0. The fraction of sp³-hybridized carbons (Fsp3) is 0.235. The summed E-state index contributed by atoms with van der Waals surface area (Å²) in [6.07, 6.45) is -2.10. The predicted octanol–water partition coefficient (Wildman–Crippen LogP) is 2.44. The highest BCUT2D eigenvalue weighted by Gasteiger charge is 2.37. The van der Waals surface area contributed by atoms with Crippen molar-refractivity contribution in [3.05, 3.63) is 53.6 Å². The van der Waals surface area contributed by atoms with Crippen molar-refractivity contribution in [2.45, 2.75) is 12.2 Å². The quantitative estimate of drug-likeness (QED) is 0.943. The molecule has 2 aromatic rings. The van der Waals surface area contributed by atoms with Gasteiger partial charge in [-0.1, -0.05) is 12.1 Å². The minimum atomic E-state index is -1.24. The molecule has 0 amide bonds. The van der Waals surface area contributed by atoms with Crippen LogP contribution in [0.25, 0.3) is 0 Å². The lowest BCUT2D eigenvalue weighted by Gasteiger charge is -2.29. The van der Waals surface area contributed by atoms with Crippen LogP contribution in [0, 0.1) is 0 Å². The molecule has 1 aliphatic heterocycles. The standard InChI is InChI=1S/C17H16O5/c1-20-11-5-3-4-10(8-11)17-16(19)15(18)13-9-12(21-2)6-7-14(13)22-17/h3-9,15,17-18H,1-2H3/t15?,17-/m0/s1. The Morgan fingerprint density at radius 3 is 2.50 bits per heavy atom. The highest BCUT2D eigenvalue weighted by atomic mass is 16.5. The third kappa shape index (κ3) is 2.40. The van der Waals surface area contributed by atoms with Crippen LogP contribution >= 0.6 is 0 Å². The SMILES string of the molecule is COc1cccc([C@@H]2Oc3ccc(OC)cc3C(O)C2=O)c1. The van der Waals surface area contributed by atoms with Crippen LogP contribution in [0.2, 0.25) is 0 Å². The average Bonchev–Trinajstić information content (AvgIpc) is 2.57. The smallest absolute Gasteiger partial charge is 0.210 e. The summed E-state index contributed by atoms with van der Waals surface area (Å²) in [5, 5.41) is 10.3. The number of benzene rings is 2. The third-order valence-electron chi connectivity index (χ3n) is 3.68. The average molecular weight is 300 g/mol. The van der Waals surface area contributed by atoms with Gasteiger partial charge in [-0.05, 0) is 30.3 Å². The molecule has 1 N–H and O–H groups in total. The highest BCUT2D eigenvalue weighted by Crippen LogP contribution is 2.40. The molecular weight excluding hydrogens is 284 g/mol. The molecule has 0 bridgehead atoms. The summed E-state index contributed by atoms with van der Waals surface area (Å²) < 4.78 is 16.1. The summed E-state index contributed by atoms with van der Waals surface area (Å²) in [5.74, 6) is 1.26. The number of aliphatic hydroxyl groups is 1. The van der Waals surface area contributed by atoms with Gasteiger partial charge in [-0.25, -0.2) is 0 Å². The molecule has 114 valence electrons. The molecule has 2 aromatic carbocycles. The summed E-state index contributed by atoms with van der Waals surface area (Å²) in [6.45, 7) is 0. The molecule has 0 spiro atoms. The molecule has 5 nitrogen and oxygen atoms in total. The largest absolute Gasteiger partial charge is 0.497 e. The molecule has 5 heteroatoms. The molecule has 0 saturated heterocycles. The zero-order valence-electron chi connectivity index (χ0n) is 12.3. The lowest BCUT2D eigenvalue weighted by molar-refractivity contribution is -0.137. The highest BCUT2D eigenvalue weighted by molar-refractivity contribution is 5.91. The minimum absolute atomic E-state index is 0.408. The second-order valence-electron chi connectivity index (χ2n) is 4.98. The Morgan fingerprint density at radius 1 is 1.05 bits per heavy atom. The van der Waals surface area contributed by atoms with E-state index >= 15 is 0 Å². The van der Waals surface area contributed by atoms with E-state index in [9.17, 15) is 9.90 Å². The zero-order valence-corrected chi connectivity index (χ0v) is 12.3. The van der Waals surface area contributed by atoms with E-state index in [0.29, 0.717) is 28.4 Å². The number of hydrogen-bond donors (Lipinski definition) is 1. The third-order valence-corrected chi connectivity index (χ3v) is 3.68. The summed E-state index contributed by atoms with van der Waals surface area (Å²) >= 11 is 0. The molecule has 0 aliphatic carbocycles. The van der Waals surface area contributed by atoms with Crippen LogP contribution in [0.4, 0.5) is 0 Å². The predicted molar refractivity (Wildman–Crippen MR) is 79.3 cm³/mol. The van der Waals surface area contributed by atoms with Gasteiger partial charge in [-0.15, -0.1) is 0 Å². The number of methoxy groups -OCH3 is 2. The van der Waals surface area contributed by atoms with Gasteiger partial charge in [0.2, 0.25) is 5.78 Å². The van der Waals surface area contributed by atoms with Crippen LogP contribution < -0.4 is 14.2 Å². The van der Waals surface area contributed by atoms with Crippen LogP contribution in [0.5, 0.6) is 17.2 Å². The Morgan fingerprint density at radius 2 is 1.77 bits per heavy atom. The maximum absolute atomic E-state index is 12.4. The van der Waals surface area contributed by atoms with E-state index in [2.05, 4.69) is 0 Å². The number of Topliss-reactive ketones (excluding diaryl/α,β-unsaturated/α-hetero) is 1. The van der Waals surface area contributed by atoms with Crippen molar-refractivity contribution in [1.29, 1.82) is 0 Å². The van der Waals surface area contributed by atoms with Crippen molar-refractivity contribution in [2.75, 3.05) is 14.2 Å². The number of carbonyl (C=O) groups excluding carboxylic acids is 1. The van der Waals surface area contributed by atoms with Gasteiger partial charge in [0.25, 0.3) is 0 Å². The first-order valence-electron chi connectivity index (χ1n) is 6.84.